The van der Waals surface area contributed by atoms with E-state index in [1.807, 2.05) is 18.6 Å². The minimum absolute atomic E-state index is 1.04. The molecule has 0 saturated carbocycles. The highest BCUT2D eigenvalue weighted by atomic mass is 14.8. The Morgan fingerprint density at radius 3 is 2.62 bits per heavy atom. The van der Waals surface area contributed by atoms with Crippen molar-refractivity contribution in [3.05, 3.63) is 58.9 Å². The molecule has 2 aliphatic rings. The highest BCUT2D eigenvalue weighted by Gasteiger charge is 2.20. The third kappa shape index (κ3) is 1.34. The number of benzene rings is 1. The monoisotopic (exact) mass is 208 g/mol. The molecular formula is C14H12N2. The maximum atomic E-state index is 4.44. The van der Waals surface area contributed by atoms with Crippen LogP contribution in [-0.2, 0) is 6.42 Å². The molecule has 3 rings (SSSR count). The molecule has 1 aromatic carbocycles. The van der Waals surface area contributed by atoms with Gasteiger partial charge in [-0.1, -0.05) is 31.2 Å². The van der Waals surface area contributed by atoms with Crippen LogP contribution in [0.25, 0.3) is 0 Å². The Kier molecular flexibility index (Phi) is 2.07. The van der Waals surface area contributed by atoms with E-state index in [4.69, 9.17) is 0 Å². The van der Waals surface area contributed by atoms with Crippen molar-refractivity contribution in [1.82, 2.24) is 0 Å². The van der Waals surface area contributed by atoms with Crippen LogP contribution in [0.3, 0.4) is 0 Å². The van der Waals surface area contributed by atoms with Gasteiger partial charge in [-0.25, -0.2) is 0 Å². The quantitative estimate of drug-likeness (QED) is 0.714. The van der Waals surface area contributed by atoms with E-state index in [9.17, 15) is 0 Å². The molecular weight excluding hydrogens is 196 g/mol. The van der Waals surface area contributed by atoms with E-state index in [0.29, 0.717) is 0 Å². The van der Waals surface area contributed by atoms with Crippen molar-refractivity contribution in [1.29, 1.82) is 0 Å². The maximum Gasteiger partial charge on any atom is 0.0797 e. The molecule has 0 bridgehead atoms. The summed E-state index contributed by atoms with van der Waals surface area (Å²) in [4.78, 5) is 8.58. The molecule has 0 unspecified atom stereocenters. The number of allylic oxidation sites excluding steroid dienone is 2. The third-order valence-electron chi connectivity index (χ3n) is 2.95. The van der Waals surface area contributed by atoms with Gasteiger partial charge in [0.05, 0.1) is 5.71 Å². The zero-order chi connectivity index (χ0) is 11.0. The van der Waals surface area contributed by atoms with Crippen molar-refractivity contribution in [2.45, 2.75) is 13.3 Å². The third-order valence-corrected chi connectivity index (χ3v) is 2.95. The second-order valence-corrected chi connectivity index (χ2v) is 3.93. The van der Waals surface area contributed by atoms with E-state index in [2.05, 4.69) is 41.2 Å². The molecule has 0 fully saturated rings. The van der Waals surface area contributed by atoms with Gasteiger partial charge >= 0.3 is 0 Å². The smallest absolute Gasteiger partial charge is 0.0797 e. The Balaban J connectivity index is 1.95. The number of fused-ring (bicyclic) bond motifs is 1. The van der Waals surface area contributed by atoms with Crippen LogP contribution in [-0.4, -0.2) is 11.9 Å². The first-order chi connectivity index (χ1) is 7.88. The van der Waals surface area contributed by atoms with Crippen LogP contribution in [0.1, 0.15) is 18.1 Å². The van der Waals surface area contributed by atoms with Crippen molar-refractivity contribution in [2.24, 2.45) is 9.98 Å². The molecule has 0 atom stereocenters. The number of aryl methyl sites for hydroxylation is 1. The number of hydrogen-bond acceptors (Lipinski definition) is 2. The largest absolute Gasteiger partial charge is 0.263 e. The zero-order valence-electron chi connectivity index (χ0n) is 9.14. The van der Waals surface area contributed by atoms with E-state index in [1.165, 1.54) is 11.1 Å². The molecule has 16 heavy (non-hydrogen) atoms. The van der Waals surface area contributed by atoms with Gasteiger partial charge in [0.2, 0.25) is 0 Å². The second-order valence-electron chi connectivity index (χ2n) is 3.93. The predicted molar refractivity (Wildman–Crippen MR) is 67.0 cm³/mol. The Hall–Kier alpha value is -1.96. The summed E-state index contributed by atoms with van der Waals surface area (Å²) in [5.74, 6) is 0. The van der Waals surface area contributed by atoms with Crippen molar-refractivity contribution >= 4 is 11.9 Å². The molecule has 1 aromatic rings. The van der Waals surface area contributed by atoms with Gasteiger partial charge in [0.15, 0.2) is 0 Å². The number of rotatable bonds is 2. The van der Waals surface area contributed by atoms with Crippen molar-refractivity contribution in [2.75, 3.05) is 0 Å². The van der Waals surface area contributed by atoms with Gasteiger partial charge in [-0.3, -0.25) is 9.98 Å². The highest BCUT2D eigenvalue weighted by Crippen LogP contribution is 2.25. The van der Waals surface area contributed by atoms with Gasteiger partial charge in [0, 0.05) is 35.3 Å². The predicted octanol–water partition coefficient (Wildman–Crippen LogP) is 2.90. The number of nitrogens with zero attached hydrogens (tertiary/aromatic N) is 2. The normalized spacial score (nSPS) is 16.9. The Morgan fingerprint density at radius 1 is 1.06 bits per heavy atom. The maximum absolute atomic E-state index is 4.44. The molecule has 0 spiro atoms. The Morgan fingerprint density at radius 2 is 1.88 bits per heavy atom. The highest BCUT2D eigenvalue weighted by molar-refractivity contribution is 6.22. The lowest BCUT2D eigenvalue weighted by Gasteiger charge is -2.04. The minimum Gasteiger partial charge on any atom is -0.263 e. The van der Waals surface area contributed by atoms with Gasteiger partial charge in [0.1, 0.15) is 0 Å². The lowest BCUT2D eigenvalue weighted by atomic mass is 9.99. The molecule has 2 aliphatic heterocycles. The molecule has 0 radical (unpaired) electrons. The molecule has 2 heterocycles. The molecule has 2 nitrogen and oxygen atoms in total. The summed E-state index contributed by atoms with van der Waals surface area (Å²) in [7, 11) is 0. The topological polar surface area (TPSA) is 24.7 Å². The summed E-state index contributed by atoms with van der Waals surface area (Å²) in [5, 5.41) is 0. The van der Waals surface area contributed by atoms with Crippen LogP contribution < -0.4 is 0 Å². The number of hydrogen-bond donors (Lipinski definition) is 0. The molecule has 2 heteroatoms. The minimum atomic E-state index is 1.04. The fourth-order valence-electron chi connectivity index (χ4n) is 1.97. The standard InChI is InChI=1S/C14H12N2/c1-2-10-3-5-11(6-4-10)14-13-9-15-7-12(13)8-16-14/h3-9H,2H2,1H3. The van der Waals surface area contributed by atoms with Gasteiger partial charge in [-0.15, -0.1) is 0 Å². The van der Waals surface area contributed by atoms with Gasteiger partial charge in [0.25, 0.3) is 0 Å². The first-order valence-electron chi connectivity index (χ1n) is 5.50. The average molecular weight is 208 g/mol. The molecule has 0 aliphatic carbocycles. The van der Waals surface area contributed by atoms with Gasteiger partial charge in [-0.2, -0.15) is 0 Å². The molecule has 78 valence electrons. The fraction of sp³-hybridized carbons (Fsp3) is 0.143. The van der Waals surface area contributed by atoms with Crippen LogP contribution in [0.2, 0.25) is 0 Å². The Labute approximate surface area is 94.8 Å². The first kappa shape index (κ1) is 9.28. The molecule has 0 amide bonds. The fourth-order valence-corrected chi connectivity index (χ4v) is 1.97. The molecule has 0 aromatic heterocycles. The summed E-state index contributed by atoms with van der Waals surface area (Å²) in [6.07, 6.45) is 6.69. The lowest BCUT2D eigenvalue weighted by Crippen LogP contribution is -2.01. The summed E-state index contributed by atoms with van der Waals surface area (Å²) >= 11 is 0. The Bertz CT molecular complexity index is 543. The van der Waals surface area contributed by atoms with Crippen LogP contribution in [0.4, 0.5) is 0 Å². The summed E-state index contributed by atoms with van der Waals surface area (Å²) in [5.41, 5.74) is 5.82. The van der Waals surface area contributed by atoms with Gasteiger partial charge < -0.3 is 0 Å². The van der Waals surface area contributed by atoms with Crippen molar-refractivity contribution in [3.63, 3.8) is 0 Å². The average Bonchev–Trinajstić information content (AvgIpc) is 2.91. The van der Waals surface area contributed by atoms with E-state index in [1.54, 1.807) is 0 Å². The van der Waals surface area contributed by atoms with Gasteiger partial charge in [-0.05, 0) is 12.0 Å². The number of aliphatic imine (C=N–C) groups is 2. The molecule has 0 N–H and O–H groups in total. The second kappa shape index (κ2) is 3.56. The first-order valence-corrected chi connectivity index (χ1v) is 5.50. The van der Waals surface area contributed by atoms with E-state index < -0.39 is 0 Å². The summed E-state index contributed by atoms with van der Waals surface area (Å²) in [6, 6.07) is 8.58. The van der Waals surface area contributed by atoms with E-state index in [0.717, 1.165) is 23.3 Å². The summed E-state index contributed by atoms with van der Waals surface area (Å²) in [6.45, 7) is 2.16. The van der Waals surface area contributed by atoms with E-state index >= 15 is 0 Å². The van der Waals surface area contributed by atoms with Crippen LogP contribution in [0, 0.1) is 0 Å². The van der Waals surface area contributed by atoms with Crippen LogP contribution in [0.15, 0.2) is 57.8 Å². The van der Waals surface area contributed by atoms with Crippen LogP contribution in [0.5, 0.6) is 0 Å². The SMILES string of the molecule is CCc1ccc(C2=NC=C3C=NC=C32)cc1. The lowest BCUT2D eigenvalue weighted by molar-refractivity contribution is 1.14. The summed E-state index contributed by atoms with van der Waals surface area (Å²) < 4.78 is 0. The van der Waals surface area contributed by atoms with Crippen molar-refractivity contribution < 1.29 is 0 Å². The molecule has 0 saturated heterocycles. The van der Waals surface area contributed by atoms with Crippen molar-refractivity contribution in [3.8, 4) is 0 Å². The van der Waals surface area contributed by atoms with Crippen LogP contribution >= 0.6 is 0 Å². The zero-order valence-corrected chi connectivity index (χ0v) is 9.14. The van der Waals surface area contributed by atoms with E-state index in [-0.39, 0.29) is 0 Å².